The summed E-state index contributed by atoms with van der Waals surface area (Å²) in [5.41, 5.74) is 0.930. The first-order valence-corrected chi connectivity index (χ1v) is 7.02. The molecule has 8 nitrogen and oxygen atoms in total. The molecule has 0 radical (unpaired) electrons. The SMILES string of the molecule is CC(=O)c1ccc(Nc2ncnc(NC(C)C)c2[N+](=O)[O-])cc1. The quantitative estimate of drug-likeness (QED) is 0.478. The number of ketones is 1. The highest BCUT2D eigenvalue weighted by molar-refractivity contribution is 5.94. The highest BCUT2D eigenvalue weighted by Gasteiger charge is 2.23. The summed E-state index contributed by atoms with van der Waals surface area (Å²) in [5.74, 6) is 0.194. The highest BCUT2D eigenvalue weighted by atomic mass is 16.6. The van der Waals surface area contributed by atoms with Gasteiger partial charge in [0, 0.05) is 17.3 Å². The van der Waals surface area contributed by atoms with E-state index in [1.54, 1.807) is 24.3 Å². The molecular weight excluding hydrogens is 298 g/mol. The molecule has 0 spiro atoms. The lowest BCUT2D eigenvalue weighted by Crippen LogP contribution is -2.14. The Balaban J connectivity index is 2.35. The van der Waals surface area contributed by atoms with E-state index in [0.29, 0.717) is 11.3 Å². The van der Waals surface area contributed by atoms with Gasteiger partial charge in [-0.2, -0.15) is 0 Å². The molecule has 0 aliphatic rings. The summed E-state index contributed by atoms with van der Waals surface area (Å²) in [5, 5.41) is 17.2. The van der Waals surface area contributed by atoms with Crippen molar-refractivity contribution in [3.63, 3.8) is 0 Å². The van der Waals surface area contributed by atoms with E-state index in [9.17, 15) is 14.9 Å². The standard InChI is InChI=1S/C15H17N5O3/c1-9(2)18-14-13(20(22)23)15(17-8-16-14)19-12-6-4-11(5-7-12)10(3)21/h4-9H,1-3H3,(H2,16,17,18,19). The van der Waals surface area contributed by atoms with Crippen molar-refractivity contribution in [2.75, 3.05) is 10.6 Å². The number of carbonyl (C=O) groups is 1. The molecule has 1 aromatic carbocycles. The van der Waals surface area contributed by atoms with Crippen molar-refractivity contribution < 1.29 is 9.72 Å². The molecule has 2 N–H and O–H groups in total. The number of Topliss-reactive ketones (excluding diaryl/α,β-unsaturated/α-hetero) is 1. The van der Waals surface area contributed by atoms with Crippen molar-refractivity contribution in [1.29, 1.82) is 0 Å². The van der Waals surface area contributed by atoms with Gasteiger partial charge in [-0.1, -0.05) is 0 Å². The maximum atomic E-state index is 11.4. The summed E-state index contributed by atoms with van der Waals surface area (Å²) < 4.78 is 0. The van der Waals surface area contributed by atoms with Gasteiger partial charge in [-0.3, -0.25) is 14.9 Å². The van der Waals surface area contributed by atoms with Gasteiger partial charge in [-0.05, 0) is 45.0 Å². The zero-order chi connectivity index (χ0) is 17.0. The van der Waals surface area contributed by atoms with E-state index in [-0.39, 0.29) is 29.1 Å². The second-order valence-electron chi connectivity index (χ2n) is 5.23. The van der Waals surface area contributed by atoms with Crippen molar-refractivity contribution in [1.82, 2.24) is 9.97 Å². The van der Waals surface area contributed by atoms with Gasteiger partial charge >= 0.3 is 5.69 Å². The van der Waals surface area contributed by atoms with Crippen LogP contribution in [0.4, 0.5) is 23.0 Å². The molecule has 0 atom stereocenters. The number of hydrogen-bond donors (Lipinski definition) is 2. The van der Waals surface area contributed by atoms with Crippen molar-refractivity contribution >= 4 is 28.8 Å². The second kappa shape index (κ2) is 6.82. The molecule has 1 heterocycles. The summed E-state index contributed by atoms with van der Waals surface area (Å²) in [7, 11) is 0. The Labute approximate surface area is 133 Å². The van der Waals surface area contributed by atoms with E-state index in [4.69, 9.17) is 0 Å². The normalized spacial score (nSPS) is 10.4. The van der Waals surface area contributed by atoms with Gasteiger partial charge in [0.25, 0.3) is 0 Å². The van der Waals surface area contributed by atoms with Crippen LogP contribution < -0.4 is 10.6 Å². The minimum Gasteiger partial charge on any atom is -0.362 e. The maximum absolute atomic E-state index is 11.4. The first-order chi connectivity index (χ1) is 10.9. The predicted molar refractivity (Wildman–Crippen MR) is 87.2 cm³/mol. The Bertz CT molecular complexity index is 728. The molecule has 120 valence electrons. The zero-order valence-corrected chi connectivity index (χ0v) is 13.0. The van der Waals surface area contributed by atoms with Crippen LogP contribution in [0, 0.1) is 10.1 Å². The molecule has 1 aromatic heterocycles. The summed E-state index contributed by atoms with van der Waals surface area (Å²) >= 11 is 0. The molecule has 23 heavy (non-hydrogen) atoms. The van der Waals surface area contributed by atoms with E-state index in [2.05, 4.69) is 20.6 Å². The van der Waals surface area contributed by atoms with Gasteiger partial charge in [0.1, 0.15) is 6.33 Å². The first-order valence-electron chi connectivity index (χ1n) is 7.02. The Kier molecular flexibility index (Phi) is 4.85. The number of aromatic nitrogens is 2. The molecule has 0 saturated carbocycles. The number of hydrogen-bond acceptors (Lipinski definition) is 7. The van der Waals surface area contributed by atoms with Gasteiger partial charge in [-0.15, -0.1) is 0 Å². The van der Waals surface area contributed by atoms with Gasteiger partial charge < -0.3 is 10.6 Å². The Morgan fingerprint density at radius 1 is 1.17 bits per heavy atom. The van der Waals surface area contributed by atoms with Gasteiger partial charge in [-0.25, -0.2) is 9.97 Å². The third-order valence-corrected chi connectivity index (χ3v) is 2.98. The maximum Gasteiger partial charge on any atom is 0.353 e. The molecule has 0 bridgehead atoms. The van der Waals surface area contributed by atoms with E-state index >= 15 is 0 Å². The van der Waals surface area contributed by atoms with Crippen molar-refractivity contribution in [3.8, 4) is 0 Å². The number of nitrogens with one attached hydrogen (secondary N) is 2. The third-order valence-electron chi connectivity index (χ3n) is 2.98. The Hall–Kier alpha value is -3.03. The average molecular weight is 315 g/mol. The fraction of sp³-hybridized carbons (Fsp3) is 0.267. The summed E-state index contributed by atoms with van der Waals surface area (Å²) in [6.07, 6.45) is 1.25. The molecule has 2 rings (SSSR count). The van der Waals surface area contributed by atoms with Crippen molar-refractivity contribution in [2.24, 2.45) is 0 Å². The highest BCUT2D eigenvalue weighted by Crippen LogP contribution is 2.31. The summed E-state index contributed by atoms with van der Waals surface area (Å²) in [6, 6.07) is 6.61. The Morgan fingerprint density at radius 2 is 1.78 bits per heavy atom. The number of nitrogens with zero attached hydrogens (tertiary/aromatic N) is 3. The van der Waals surface area contributed by atoms with Crippen LogP contribution in [0.15, 0.2) is 30.6 Å². The smallest absolute Gasteiger partial charge is 0.353 e. The summed E-state index contributed by atoms with van der Waals surface area (Å²) in [4.78, 5) is 30.0. The minimum absolute atomic E-state index is 0.00806. The monoisotopic (exact) mass is 315 g/mol. The lowest BCUT2D eigenvalue weighted by Gasteiger charge is -2.12. The van der Waals surface area contributed by atoms with E-state index < -0.39 is 4.92 Å². The van der Waals surface area contributed by atoms with E-state index in [1.807, 2.05) is 13.8 Å². The van der Waals surface area contributed by atoms with Crippen LogP contribution in [0.2, 0.25) is 0 Å². The van der Waals surface area contributed by atoms with Crippen LogP contribution >= 0.6 is 0 Å². The zero-order valence-electron chi connectivity index (χ0n) is 13.0. The van der Waals surface area contributed by atoms with Crippen LogP contribution in [0.5, 0.6) is 0 Å². The molecular formula is C15H17N5O3. The fourth-order valence-electron chi connectivity index (χ4n) is 1.95. The van der Waals surface area contributed by atoms with Crippen molar-refractivity contribution in [2.45, 2.75) is 26.8 Å². The second-order valence-corrected chi connectivity index (χ2v) is 5.23. The molecule has 0 saturated heterocycles. The lowest BCUT2D eigenvalue weighted by molar-refractivity contribution is -0.383. The summed E-state index contributed by atoms with van der Waals surface area (Å²) in [6.45, 7) is 5.19. The topological polar surface area (TPSA) is 110 Å². The number of nitro groups is 1. The van der Waals surface area contributed by atoms with Crippen LogP contribution in [0.3, 0.4) is 0 Å². The minimum atomic E-state index is -0.531. The average Bonchev–Trinajstić information content (AvgIpc) is 2.47. The first kappa shape index (κ1) is 16.3. The van der Waals surface area contributed by atoms with Gasteiger partial charge in [0.2, 0.25) is 11.6 Å². The number of benzene rings is 1. The number of carbonyl (C=O) groups excluding carboxylic acids is 1. The number of anilines is 3. The van der Waals surface area contributed by atoms with Crippen molar-refractivity contribution in [3.05, 3.63) is 46.3 Å². The predicted octanol–water partition coefficient (Wildman–Crippen LogP) is 3.15. The van der Waals surface area contributed by atoms with Gasteiger partial charge in [0.05, 0.1) is 4.92 Å². The Morgan fingerprint density at radius 3 is 2.30 bits per heavy atom. The fourth-order valence-corrected chi connectivity index (χ4v) is 1.95. The largest absolute Gasteiger partial charge is 0.362 e. The van der Waals surface area contributed by atoms with Crippen LogP contribution in [-0.4, -0.2) is 26.7 Å². The molecule has 0 fully saturated rings. The number of rotatable bonds is 6. The van der Waals surface area contributed by atoms with Gasteiger partial charge in [0.15, 0.2) is 5.78 Å². The van der Waals surface area contributed by atoms with Crippen LogP contribution in [0.25, 0.3) is 0 Å². The molecule has 0 unspecified atom stereocenters. The molecule has 0 amide bonds. The molecule has 0 aliphatic heterocycles. The van der Waals surface area contributed by atoms with Crippen LogP contribution in [-0.2, 0) is 0 Å². The third kappa shape index (κ3) is 4.00. The van der Waals surface area contributed by atoms with E-state index in [1.165, 1.54) is 13.3 Å². The van der Waals surface area contributed by atoms with Crippen LogP contribution in [0.1, 0.15) is 31.1 Å². The molecule has 2 aromatic rings. The van der Waals surface area contributed by atoms with E-state index in [0.717, 1.165) is 0 Å². The molecule has 8 heteroatoms. The lowest BCUT2D eigenvalue weighted by atomic mass is 10.1. The molecule has 0 aliphatic carbocycles.